The molecule has 0 fully saturated rings. The third-order valence-electron chi connectivity index (χ3n) is 4.55. The van der Waals surface area contributed by atoms with Gasteiger partial charge >= 0.3 is 0 Å². The highest BCUT2D eigenvalue weighted by Crippen LogP contribution is 2.37. The Balaban J connectivity index is 1.42. The number of carbonyl (C=O) groups excluding carboxylic acids is 1. The van der Waals surface area contributed by atoms with Gasteiger partial charge in [-0.1, -0.05) is 6.92 Å². The van der Waals surface area contributed by atoms with Crippen LogP contribution >= 0.6 is 11.3 Å². The minimum Gasteiger partial charge on any atom is -0.486 e. The molecule has 0 unspecified atom stereocenters. The number of ether oxygens (including phenoxy) is 2. The number of benzene rings is 2. The number of hydrogen-bond acceptors (Lipinski definition) is 6. The molecule has 0 spiro atoms. The van der Waals surface area contributed by atoms with Crippen molar-refractivity contribution in [3.63, 3.8) is 0 Å². The van der Waals surface area contributed by atoms with Gasteiger partial charge in [0.15, 0.2) is 11.5 Å². The molecular weight excluding hydrogens is 436 g/mol. The minimum absolute atomic E-state index is 0.0650. The lowest BCUT2D eigenvalue weighted by atomic mass is 10.1. The molecule has 31 heavy (non-hydrogen) atoms. The van der Waals surface area contributed by atoms with Gasteiger partial charge in [0.05, 0.1) is 10.6 Å². The monoisotopic (exact) mass is 458 g/mol. The molecule has 0 saturated heterocycles. The van der Waals surface area contributed by atoms with Crippen molar-refractivity contribution in [2.45, 2.75) is 13.3 Å². The smallest absolute Gasteiger partial charge is 0.265 e. The summed E-state index contributed by atoms with van der Waals surface area (Å²) in [6.45, 7) is 2.87. The standard InChI is InChI=1S/C22H22N2O5S2/c1-2-13-31(26,27)24-17-6-4-16(5-7-17)23-22(25)21-10-9-20(30-21)15-3-8-18-19(14-15)29-12-11-28-18/h3-10,14,24H,2,11-13H2,1H3,(H,23,25). The van der Waals surface area contributed by atoms with Crippen molar-refractivity contribution < 1.29 is 22.7 Å². The largest absolute Gasteiger partial charge is 0.486 e. The normalized spacial score (nSPS) is 12.9. The Morgan fingerprint density at radius 2 is 1.68 bits per heavy atom. The zero-order valence-corrected chi connectivity index (χ0v) is 18.5. The molecule has 1 aliphatic heterocycles. The Morgan fingerprint density at radius 1 is 0.968 bits per heavy atom. The summed E-state index contributed by atoms with van der Waals surface area (Å²) >= 11 is 1.38. The topological polar surface area (TPSA) is 93.7 Å². The molecule has 2 heterocycles. The van der Waals surface area contributed by atoms with E-state index < -0.39 is 10.0 Å². The molecule has 0 atom stereocenters. The number of sulfonamides is 1. The van der Waals surface area contributed by atoms with Crippen LogP contribution < -0.4 is 19.5 Å². The number of thiophene rings is 1. The number of carbonyl (C=O) groups is 1. The first-order chi connectivity index (χ1) is 14.9. The second-order valence-corrected chi connectivity index (χ2v) is 9.90. The lowest BCUT2D eigenvalue weighted by molar-refractivity contribution is 0.103. The molecule has 2 N–H and O–H groups in total. The van der Waals surface area contributed by atoms with Crippen LogP contribution in [0.4, 0.5) is 11.4 Å². The van der Waals surface area contributed by atoms with E-state index in [1.165, 1.54) is 11.3 Å². The fourth-order valence-corrected chi connectivity index (χ4v) is 5.16. The molecule has 1 aromatic heterocycles. The van der Waals surface area contributed by atoms with Gasteiger partial charge in [-0.2, -0.15) is 0 Å². The third-order valence-corrected chi connectivity index (χ3v) is 7.17. The molecule has 9 heteroatoms. The van der Waals surface area contributed by atoms with E-state index in [2.05, 4.69) is 10.0 Å². The zero-order chi connectivity index (χ0) is 21.8. The van der Waals surface area contributed by atoms with Gasteiger partial charge < -0.3 is 14.8 Å². The molecule has 0 bridgehead atoms. The second-order valence-electron chi connectivity index (χ2n) is 6.97. The highest BCUT2D eigenvalue weighted by atomic mass is 32.2. The van der Waals surface area contributed by atoms with Gasteiger partial charge in [0.25, 0.3) is 5.91 Å². The van der Waals surface area contributed by atoms with E-state index in [-0.39, 0.29) is 11.7 Å². The molecular formula is C22H22N2O5S2. The Morgan fingerprint density at radius 3 is 2.42 bits per heavy atom. The van der Waals surface area contributed by atoms with Crippen molar-refractivity contribution in [1.29, 1.82) is 0 Å². The third kappa shape index (κ3) is 5.18. The first-order valence-electron chi connectivity index (χ1n) is 9.85. The number of anilines is 2. The number of rotatable bonds is 7. The van der Waals surface area contributed by atoms with Crippen molar-refractivity contribution in [3.05, 3.63) is 59.5 Å². The minimum atomic E-state index is -3.35. The predicted molar refractivity (Wildman–Crippen MR) is 123 cm³/mol. The van der Waals surface area contributed by atoms with Crippen LogP contribution in [0.3, 0.4) is 0 Å². The van der Waals surface area contributed by atoms with E-state index in [1.807, 2.05) is 31.2 Å². The van der Waals surface area contributed by atoms with Crippen molar-refractivity contribution in [1.82, 2.24) is 0 Å². The van der Waals surface area contributed by atoms with Gasteiger partial charge in [0.2, 0.25) is 10.0 Å². The fourth-order valence-electron chi connectivity index (χ4n) is 3.13. The average molecular weight is 459 g/mol. The molecule has 0 radical (unpaired) electrons. The molecule has 7 nitrogen and oxygen atoms in total. The molecule has 2 aromatic carbocycles. The van der Waals surface area contributed by atoms with Crippen molar-refractivity contribution in [2.75, 3.05) is 29.0 Å². The quantitative estimate of drug-likeness (QED) is 0.540. The Hall–Kier alpha value is -3.04. The number of hydrogen-bond donors (Lipinski definition) is 2. The van der Waals surface area contributed by atoms with Crippen LogP contribution in [0.2, 0.25) is 0 Å². The molecule has 1 amide bonds. The summed E-state index contributed by atoms with van der Waals surface area (Å²) in [6, 6.07) is 16.0. The van der Waals surface area contributed by atoms with E-state index in [9.17, 15) is 13.2 Å². The average Bonchev–Trinajstić information content (AvgIpc) is 3.25. The summed E-state index contributed by atoms with van der Waals surface area (Å²) in [5.41, 5.74) is 2.00. The van der Waals surface area contributed by atoms with Crippen LogP contribution in [0.1, 0.15) is 23.0 Å². The van der Waals surface area contributed by atoms with E-state index in [4.69, 9.17) is 9.47 Å². The predicted octanol–water partition coefficient (Wildman–Crippen LogP) is 4.59. The van der Waals surface area contributed by atoms with Crippen LogP contribution in [0.15, 0.2) is 54.6 Å². The van der Waals surface area contributed by atoms with Gasteiger partial charge in [-0.15, -0.1) is 11.3 Å². The molecule has 3 aromatic rings. The number of nitrogens with one attached hydrogen (secondary N) is 2. The molecule has 0 aliphatic carbocycles. The molecule has 162 valence electrons. The lowest BCUT2D eigenvalue weighted by Gasteiger charge is -2.18. The van der Waals surface area contributed by atoms with E-state index in [0.717, 1.165) is 16.2 Å². The van der Waals surface area contributed by atoms with E-state index in [1.54, 1.807) is 30.3 Å². The maximum absolute atomic E-state index is 12.6. The van der Waals surface area contributed by atoms with Gasteiger partial charge in [-0.3, -0.25) is 9.52 Å². The second kappa shape index (κ2) is 8.99. The highest BCUT2D eigenvalue weighted by Gasteiger charge is 2.15. The summed E-state index contributed by atoms with van der Waals surface area (Å²) in [5, 5.41) is 2.84. The van der Waals surface area contributed by atoms with Crippen molar-refractivity contribution >= 4 is 38.6 Å². The van der Waals surface area contributed by atoms with Crippen LogP contribution in [0.25, 0.3) is 10.4 Å². The van der Waals surface area contributed by atoms with Gasteiger partial charge in [0, 0.05) is 16.3 Å². The van der Waals surface area contributed by atoms with Crippen LogP contribution in [-0.4, -0.2) is 33.3 Å². The van der Waals surface area contributed by atoms with Crippen LogP contribution in [0, 0.1) is 0 Å². The zero-order valence-electron chi connectivity index (χ0n) is 16.9. The van der Waals surface area contributed by atoms with Gasteiger partial charge in [-0.25, -0.2) is 8.42 Å². The molecule has 1 aliphatic rings. The Kier molecular flexibility index (Phi) is 6.15. The first-order valence-corrected chi connectivity index (χ1v) is 12.3. The fraction of sp³-hybridized carbons (Fsp3) is 0.227. The maximum Gasteiger partial charge on any atom is 0.265 e. The number of amides is 1. The highest BCUT2D eigenvalue weighted by molar-refractivity contribution is 7.92. The van der Waals surface area contributed by atoms with Gasteiger partial charge in [0.1, 0.15) is 13.2 Å². The molecule has 0 saturated carbocycles. The SMILES string of the molecule is CCCS(=O)(=O)Nc1ccc(NC(=O)c2ccc(-c3ccc4c(c3)OCCO4)s2)cc1. The van der Waals surface area contributed by atoms with E-state index >= 15 is 0 Å². The first kappa shape index (κ1) is 21.2. The summed E-state index contributed by atoms with van der Waals surface area (Å²) in [6.07, 6.45) is 0.540. The van der Waals surface area contributed by atoms with Gasteiger partial charge in [-0.05, 0) is 66.6 Å². The van der Waals surface area contributed by atoms with Crippen LogP contribution in [0.5, 0.6) is 11.5 Å². The number of fused-ring (bicyclic) bond motifs is 1. The summed E-state index contributed by atoms with van der Waals surface area (Å²) in [4.78, 5) is 14.1. The van der Waals surface area contributed by atoms with Crippen LogP contribution in [-0.2, 0) is 10.0 Å². The maximum atomic E-state index is 12.6. The summed E-state index contributed by atoms with van der Waals surface area (Å²) < 4.78 is 37.4. The van der Waals surface area contributed by atoms with Crippen molar-refractivity contribution in [3.8, 4) is 21.9 Å². The van der Waals surface area contributed by atoms with Crippen molar-refractivity contribution in [2.24, 2.45) is 0 Å². The molecule has 4 rings (SSSR count). The summed E-state index contributed by atoms with van der Waals surface area (Å²) in [7, 11) is -3.35. The lowest BCUT2D eigenvalue weighted by Crippen LogP contribution is -2.16. The Bertz CT molecular complexity index is 1190. The summed E-state index contributed by atoms with van der Waals surface area (Å²) in [5.74, 6) is 1.27. The van der Waals surface area contributed by atoms with E-state index in [0.29, 0.717) is 41.6 Å². The Labute approximate surface area is 185 Å².